The molecule has 3 N–H and O–H groups in total. The first kappa shape index (κ1) is 15.9. The van der Waals surface area contributed by atoms with E-state index in [9.17, 15) is 18.8 Å². The molecular formula is C12H12ClFN2O4. The van der Waals surface area contributed by atoms with Crippen molar-refractivity contribution >= 4 is 35.2 Å². The van der Waals surface area contributed by atoms with Gasteiger partial charge in [-0.15, -0.1) is 0 Å². The van der Waals surface area contributed by atoms with Crippen LogP contribution >= 0.6 is 11.6 Å². The quantitative estimate of drug-likeness (QED) is 0.778. The predicted molar refractivity (Wildman–Crippen MR) is 70.1 cm³/mol. The van der Waals surface area contributed by atoms with Gasteiger partial charge in [-0.1, -0.05) is 11.6 Å². The average molecular weight is 303 g/mol. The summed E-state index contributed by atoms with van der Waals surface area (Å²) in [6.45, 7) is 0. The lowest BCUT2D eigenvalue weighted by Gasteiger charge is -2.07. The lowest BCUT2D eigenvalue weighted by Crippen LogP contribution is -2.34. The van der Waals surface area contributed by atoms with Crippen molar-refractivity contribution in [2.24, 2.45) is 0 Å². The van der Waals surface area contributed by atoms with E-state index in [0.29, 0.717) is 0 Å². The van der Waals surface area contributed by atoms with Crippen molar-refractivity contribution in [3.8, 4) is 0 Å². The molecule has 0 atom stereocenters. The lowest BCUT2D eigenvalue weighted by atomic mass is 10.2. The second kappa shape index (κ2) is 7.44. The maximum atomic E-state index is 13.1. The van der Waals surface area contributed by atoms with Crippen molar-refractivity contribution in [2.75, 3.05) is 5.32 Å². The molecule has 0 aromatic heterocycles. The highest BCUT2D eigenvalue weighted by Gasteiger charge is 2.09. The van der Waals surface area contributed by atoms with E-state index in [-0.39, 0.29) is 30.0 Å². The fourth-order valence-electron chi connectivity index (χ4n) is 1.33. The fourth-order valence-corrected chi connectivity index (χ4v) is 1.44. The minimum absolute atomic E-state index is 0.0827. The third-order valence-electron chi connectivity index (χ3n) is 2.22. The topological polar surface area (TPSA) is 95.5 Å². The van der Waals surface area contributed by atoms with Crippen LogP contribution in [-0.2, 0) is 9.59 Å². The number of carbonyl (C=O) groups excluding carboxylic acids is 2. The Morgan fingerprint density at radius 1 is 1.25 bits per heavy atom. The maximum absolute atomic E-state index is 13.1. The van der Waals surface area contributed by atoms with Gasteiger partial charge in [0.2, 0.25) is 5.91 Å². The number of anilines is 1. The van der Waals surface area contributed by atoms with Gasteiger partial charge in [0.05, 0.1) is 5.02 Å². The van der Waals surface area contributed by atoms with E-state index in [1.165, 1.54) is 12.1 Å². The van der Waals surface area contributed by atoms with Crippen LogP contribution in [0.3, 0.4) is 0 Å². The van der Waals surface area contributed by atoms with Crippen LogP contribution in [0.25, 0.3) is 0 Å². The highest BCUT2D eigenvalue weighted by atomic mass is 35.5. The highest BCUT2D eigenvalue weighted by Crippen LogP contribution is 2.18. The van der Waals surface area contributed by atoms with Gasteiger partial charge in [-0.3, -0.25) is 14.9 Å². The molecule has 108 valence electrons. The van der Waals surface area contributed by atoms with Gasteiger partial charge in [-0.25, -0.2) is 9.18 Å². The molecule has 8 heteroatoms. The summed E-state index contributed by atoms with van der Waals surface area (Å²) in [5, 5.41) is 12.6. The first-order chi connectivity index (χ1) is 9.38. The molecule has 1 aromatic rings. The zero-order valence-electron chi connectivity index (χ0n) is 10.3. The van der Waals surface area contributed by atoms with Crippen LogP contribution in [0.15, 0.2) is 18.2 Å². The number of hydrogen-bond acceptors (Lipinski definition) is 3. The SMILES string of the molecule is O=C(O)CCCC(=O)NC(=O)Nc1ccc(Cl)c(F)c1. The number of carboxylic acid groups (broad SMARTS) is 1. The number of rotatable bonds is 5. The molecule has 0 aliphatic carbocycles. The summed E-state index contributed by atoms with van der Waals surface area (Å²) in [6, 6.07) is 2.82. The third-order valence-corrected chi connectivity index (χ3v) is 2.53. The smallest absolute Gasteiger partial charge is 0.325 e. The molecule has 0 saturated heterocycles. The Bertz CT molecular complexity index is 536. The molecule has 6 nitrogen and oxygen atoms in total. The van der Waals surface area contributed by atoms with Crippen molar-refractivity contribution in [1.29, 1.82) is 0 Å². The van der Waals surface area contributed by atoms with Gasteiger partial charge in [-0.2, -0.15) is 0 Å². The van der Waals surface area contributed by atoms with Crippen molar-refractivity contribution in [3.63, 3.8) is 0 Å². The molecule has 0 radical (unpaired) electrons. The van der Waals surface area contributed by atoms with Gasteiger partial charge in [0.25, 0.3) is 0 Å². The van der Waals surface area contributed by atoms with E-state index in [0.717, 1.165) is 6.07 Å². The Morgan fingerprint density at radius 3 is 2.55 bits per heavy atom. The predicted octanol–water partition coefficient (Wildman–Crippen LogP) is 2.38. The molecule has 0 saturated carbocycles. The Hall–Kier alpha value is -2.15. The monoisotopic (exact) mass is 302 g/mol. The second-order valence-corrected chi connectivity index (χ2v) is 4.29. The van der Waals surface area contributed by atoms with Gasteiger partial charge in [-0.05, 0) is 24.6 Å². The largest absolute Gasteiger partial charge is 0.481 e. The van der Waals surface area contributed by atoms with Crippen LogP contribution in [-0.4, -0.2) is 23.0 Å². The molecular weight excluding hydrogens is 291 g/mol. The normalized spacial score (nSPS) is 9.90. The number of benzene rings is 1. The van der Waals surface area contributed by atoms with E-state index < -0.39 is 23.7 Å². The number of nitrogens with one attached hydrogen (secondary N) is 2. The summed E-state index contributed by atoms with van der Waals surface area (Å²) >= 11 is 5.48. The molecule has 0 unspecified atom stereocenters. The van der Waals surface area contributed by atoms with Crippen molar-refractivity contribution in [1.82, 2.24) is 5.32 Å². The summed E-state index contributed by atoms with van der Waals surface area (Å²) in [6.07, 6.45) is -0.115. The molecule has 0 spiro atoms. The summed E-state index contributed by atoms with van der Waals surface area (Å²) in [5.74, 6) is -2.32. The maximum Gasteiger partial charge on any atom is 0.325 e. The van der Waals surface area contributed by atoms with E-state index >= 15 is 0 Å². The van der Waals surface area contributed by atoms with Crippen LogP contribution in [0.4, 0.5) is 14.9 Å². The van der Waals surface area contributed by atoms with Crippen molar-refractivity contribution in [3.05, 3.63) is 29.0 Å². The van der Waals surface area contributed by atoms with E-state index in [2.05, 4.69) is 5.32 Å². The number of hydrogen-bond donors (Lipinski definition) is 3. The number of imide groups is 1. The lowest BCUT2D eigenvalue weighted by molar-refractivity contribution is -0.137. The average Bonchev–Trinajstić information content (AvgIpc) is 2.33. The van der Waals surface area contributed by atoms with Crippen LogP contribution in [0.1, 0.15) is 19.3 Å². The molecule has 1 aromatic carbocycles. The van der Waals surface area contributed by atoms with Gasteiger partial charge in [0, 0.05) is 18.5 Å². The summed E-state index contributed by atoms with van der Waals surface area (Å²) in [7, 11) is 0. The van der Waals surface area contributed by atoms with Crippen LogP contribution in [0, 0.1) is 5.82 Å². The summed E-state index contributed by atoms with van der Waals surface area (Å²) in [5.41, 5.74) is 0.141. The first-order valence-electron chi connectivity index (χ1n) is 5.66. The van der Waals surface area contributed by atoms with Gasteiger partial charge in [0.1, 0.15) is 5.82 Å². The summed E-state index contributed by atoms with van der Waals surface area (Å²) in [4.78, 5) is 32.9. The molecule has 1 rings (SSSR count). The Morgan fingerprint density at radius 2 is 1.95 bits per heavy atom. The van der Waals surface area contributed by atoms with E-state index in [1.807, 2.05) is 5.32 Å². The molecule has 3 amide bonds. The molecule has 0 fully saturated rings. The highest BCUT2D eigenvalue weighted by molar-refractivity contribution is 6.30. The molecule has 0 bridgehead atoms. The number of amides is 3. The minimum atomic E-state index is -1.01. The number of urea groups is 1. The first-order valence-corrected chi connectivity index (χ1v) is 6.04. The van der Waals surface area contributed by atoms with Gasteiger partial charge < -0.3 is 10.4 Å². The zero-order chi connectivity index (χ0) is 15.1. The molecule has 0 aliphatic rings. The van der Waals surface area contributed by atoms with Crippen molar-refractivity contribution in [2.45, 2.75) is 19.3 Å². The molecule has 0 heterocycles. The Balaban J connectivity index is 2.41. The van der Waals surface area contributed by atoms with Crippen LogP contribution < -0.4 is 10.6 Å². The second-order valence-electron chi connectivity index (χ2n) is 3.88. The Labute approximate surface area is 118 Å². The van der Waals surface area contributed by atoms with Crippen molar-refractivity contribution < 1.29 is 23.9 Å². The Kier molecular flexibility index (Phi) is 5.92. The zero-order valence-corrected chi connectivity index (χ0v) is 11.0. The molecule has 20 heavy (non-hydrogen) atoms. The van der Waals surface area contributed by atoms with Gasteiger partial charge in [0.15, 0.2) is 0 Å². The van der Waals surface area contributed by atoms with E-state index in [1.54, 1.807) is 0 Å². The minimum Gasteiger partial charge on any atom is -0.481 e. The molecule has 0 aliphatic heterocycles. The number of carboxylic acids is 1. The third kappa shape index (κ3) is 5.66. The number of carbonyl (C=O) groups is 3. The van der Waals surface area contributed by atoms with E-state index in [4.69, 9.17) is 16.7 Å². The number of halogens is 2. The summed E-state index contributed by atoms with van der Waals surface area (Å²) < 4.78 is 13.1. The van der Waals surface area contributed by atoms with Crippen LogP contribution in [0.5, 0.6) is 0 Å². The fraction of sp³-hybridized carbons (Fsp3) is 0.250. The van der Waals surface area contributed by atoms with Crippen LogP contribution in [0.2, 0.25) is 5.02 Å². The number of aliphatic carboxylic acids is 1. The standard InChI is InChI=1S/C12H12ClFN2O4/c13-8-5-4-7(6-9(8)14)15-12(20)16-10(17)2-1-3-11(18)19/h4-6H,1-3H2,(H,18,19)(H2,15,16,17,20). The van der Waals surface area contributed by atoms with Gasteiger partial charge >= 0.3 is 12.0 Å².